The van der Waals surface area contributed by atoms with Crippen molar-refractivity contribution in [3.63, 3.8) is 0 Å². The molecule has 2 rings (SSSR count). The van der Waals surface area contributed by atoms with Crippen LogP contribution in [-0.4, -0.2) is 10.1 Å². The molecule has 0 unspecified atom stereocenters. The average molecular weight is 342 g/mol. The molecular weight excluding hydrogens is 336 g/mol. The van der Waals surface area contributed by atoms with Crippen LogP contribution in [-0.2, 0) is 12.1 Å². The van der Waals surface area contributed by atoms with Crippen molar-refractivity contribution in [2.75, 3.05) is 0 Å². The third-order valence-electron chi connectivity index (χ3n) is 2.11. The summed E-state index contributed by atoms with van der Waals surface area (Å²) in [5.74, 6) is 0.262. The number of benzene rings is 1. The van der Waals surface area contributed by atoms with Crippen molar-refractivity contribution in [3.05, 3.63) is 34.1 Å². The standard InChI is InChI=1S/C10H5BrClF3N2O/c11-7-2-1-5(3-6(7)10(13,14)15)9-16-8(4-12)17-18-9/h1-3H,4H2. The topological polar surface area (TPSA) is 38.9 Å². The highest BCUT2D eigenvalue weighted by Gasteiger charge is 2.33. The van der Waals surface area contributed by atoms with Crippen molar-refractivity contribution < 1.29 is 17.7 Å². The lowest BCUT2D eigenvalue weighted by Gasteiger charge is -2.09. The lowest BCUT2D eigenvalue weighted by Crippen LogP contribution is -2.06. The second-order valence-corrected chi connectivity index (χ2v) is 4.46. The molecule has 1 aromatic carbocycles. The fourth-order valence-electron chi connectivity index (χ4n) is 1.30. The van der Waals surface area contributed by atoms with Crippen molar-refractivity contribution in [1.82, 2.24) is 10.1 Å². The third kappa shape index (κ3) is 2.67. The third-order valence-corrected chi connectivity index (χ3v) is 3.04. The van der Waals surface area contributed by atoms with Crippen molar-refractivity contribution in [2.45, 2.75) is 12.1 Å². The predicted molar refractivity (Wildman–Crippen MR) is 62.0 cm³/mol. The highest BCUT2D eigenvalue weighted by molar-refractivity contribution is 9.10. The number of alkyl halides is 4. The Morgan fingerprint density at radius 2 is 2.06 bits per heavy atom. The molecule has 0 amide bonds. The van der Waals surface area contributed by atoms with E-state index >= 15 is 0 Å². The minimum atomic E-state index is -4.45. The maximum absolute atomic E-state index is 12.7. The van der Waals surface area contributed by atoms with Gasteiger partial charge in [-0.1, -0.05) is 21.1 Å². The van der Waals surface area contributed by atoms with E-state index in [2.05, 4.69) is 26.1 Å². The van der Waals surface area contributed by atoms with Gasteiger partial charge in [0, 0.05) is 10.0 Å². The first-order valence-corrected chi connectivity index (χ1v) is 6.00. The van der Waals surface area contributed by atoms with Gasteiger partial charge in [-0.3, -0.25) is 0 Å². The Morgan fingerprint density at radius 1 is 1.33 bits per heavy atom. The van der Waals surface area contributed by atoms with Gasteiger partial charge in [-0.25, -0.2) is 0 Å². The second kappa shape index (κ2) is 4.89. The smallest absolute Gasteiger partial charge is 0.334 e. The molecule has 0 spiro atoms. The largest absolute Gasteiger partial charge is 0.417 e. The molecule has 0 aliphatic rings. The number of halogens is 5. The zero-order valence-electron chi connectivity index (χ0n) is 8.63. The van der Waals surface area contributed by atoms with E-state index in [1.807, 2.05) is 0 Å². The van der Waals surface area contributed by atoms with Crippen molar-refractivity contribution in [2.24, 2.45) is 0 Å². The zero-order chi connectivity index (χ0) is 13.3. The molecule has 0 aliphatic carbocycles. The van der Waals surface area contributed by atoms with E-state index in [0.717, 1.165) is 6.07 Å². The number of aromatic nitrogens is 2. The summed E-state index contributed by atoms with van der Waals surface area (Å²) in [5, 5.41) is 3.51. The molecule has 2 aromatic rings. The zero-order valence-corrected chi connectivity index (χ0v) is 11.0. The Balaban J connectivity index is 2.47. The molecule has 1 heterocycles. The second-order valence-electron chi connectivity index (χ2n) is 3.34. The van der Waals surface area contributed by atoms with E-state index in [-0.39, 0.29) is 27.6 Å². The lowest BCUT2D eigenvalue weighted by molar-refractivity contribution is -0.138. The molecule has 0 N–H and O–H groups in total. The van der Waals surface area contributed by atoms with Crippen molar-refractivity contribution in [3.8, 4) is 11.5 Å². The molecule has 0 saturated carbocycles. The molecule has 0 saturated heterocycles. The predicted octanol–water partition coefficient (Wildman–Crippen LogP) is 4.26. The van der Waals surface area contributed by atoms with Gasteiger partial charge in [0.25, 0.3) is 5.89 Å². The van der Waals surface area contributed by atoms with E-state index in [9.17, 15) is 13.2 Å². The minimum absolute atomic E-state index is 0.00338. The molecule has 0 atom stereocenters. The maximum Gasteiger partial charge on any atom is 0.417 e. The van der Waals surface area contributed by atoms with Crippen LogP contribution < -0.4 is 0 Å². The first-order valence-electron chi connectivity index (χ1n) is 4.67. The Bertz CT molecular complexity index is 570. The van der Waals surface area contributed by atoms with Gasteiger partial charge >= 0.3 is 6.18 Å². The molecule has 96 valence electrons. The fourth-order valence-corrected chi connectivity index (χ4v) is 1.88. The molecule has 0 bridgehead atoms. The van der Waals surface area contributed by atoms with Gasteiger partial charge < -0.3 is 4.52 Å². The molecular formula is C10H5BrClF3N2O. The highest BCUT2D eigenvalue weighted by Crippen LogP contribution is 2.37. The number of rotatable bonds is 2. The molecule has 0 aliphatic heterocycles. The summed E-state index contributed by atoms with van der Waals surface area (Å²) in [7, 11) is 0. The number of hydrogen-bond acceptors (Lipinski definition) is 3. The molecule has 0 fully saturated rings. The summed E-state index contributed by atoms with van der Waals surface area (Å²) in [6, 6.07) is 3.67. The van der Waals surface area contributed by atoms with E-state index < -0.39 is 11.7 Å². The summed E-state index contributed by atoms with van der Waals surface area (Å²) in [6.45, 7) is 0. The fraction of sp³-hybridized carbons (Fsp3) is 0.200. The first-order chi connectivity index (χ1) is 8.41. The van der Waals surface area contributed by atoms with Gasteiger partial charge in [0.05, 0.1) is 11.4 Å². The van der Waals surface area contributed by atoms with Crippen LogP contribution in [0.15, 0.2) is 27.2 Å². The van der Waals surface area contributed by atoms with Crippen LogP contribution >= 0.6 is 27.5 Å². The maximum atomic E-state index is 12.7. The van der Waals surface area contributed by atoms with E-state index in [1.54, 1.807) is 0 Å². The van der Waals surface area contributed by atoms with Crippen molar-refractivity contribution in [1.29, 1.82) is 0 Å². The molecule has 0 radical (unpaired) electrons. The summed E-state index contributed by atoms with van der Waals surface area (Å²) < 4.78 is 42.9. The first kappa shape index (κ1) is 13.4. The SMILES string of the molecule is FC(F)(F)c1cc(-c2nc(CCl)no2)ccc1Br. The molecule has 3 nitrogen and oxygen atoms in total. The Kier molecular flexibility index (Phi) is 3.63. The quantitative estimate of drug-likeness (QED) is 0.766. The summed E-state index contributed by atoms with van der Waals surface area (Å²) in [5.41, 5.74) is -0.611. The monoisotopic (exact) mass is 340 g/mol. The Hall–Kier alpha value is -1.08. The number of hydrogen-bond donors (Lipinski definition) is 0. The van der Waals surface area contributed by atoms with Crippen LogP contribution in [0.2, 0.25) is 0 Å². The normalized spacial score (nSPS) is 11.8. The lowest BCUT2D eigenvalue weighted by atomic mass is 10.1. The van der Waals surface area contributed by atoms with Crippen LogP contribution in [0.3, 0.4) is 0 Å². The van der Waals surface area contributed by atoms with Crippen molar-refractivity contribution >= 4 is 27.5 Å². The Morgan fingerprint density at radius 3 is 2.61 bits per heavy atom. The van der Waals surface area contributed by atoms with Gasteiger partial charge in [-0.15, -0.1) is 11.6 Å². The van der Waals surface area contributed by atoms with Crippen LogP contribution in [0.1, 0.15) is 11.4 Å². The van der Waals surface area contributed by atoms with Gasteiger partial charge in [0.2, 0.25) is 0 Å². The van der Waals surface area contributed by atoms with Gasteiger partial charge in [-0.2, -0.15) is 18.2 Å². The van der Waals surface area contributed by atoms with Crippen LogP contribution in [0.25, 0.3) is 11.5 Å². The van der Waals surface area contributed by atoms with Gasteiger partial charge in [0.15, 0.2) is 5.82 Å². The molecule has 8 heteroatoms. The average Bonchev–Trinajstić information content (AvgIpc) is 2.76. The van der Waals surface area contributed by atoms with Crippen LogP contribution in [0.5, 0.6) is 0 Å². The van der Waals surface area contributed by atoms with E-state index in [4.69, 9.17) is 16.1 Å². The Labute approximate surface area is 113 Å². The molecule has 1 aromatic heterocycles. The summed E-state index contributed by atoms with van der Waals surface area (Å²) >= 11 is 8.33. The van der Waals surface area contributed by atoms with Crippen LogP contribution in [0, 0.1) is 0 Å². The van der Waals surface area contributed by atoms with Gasteiger partial charge in [-0.05, 0) is 18.2 Å². The van der Waals surface area contributed by atoms with Crippen LogP contribution in [0.4, 0.5) is 13.2 Å². The van der Waals surface area contributed by atoms with Gasteiger partial charge in [0.1, 0.15) is 0 Å². The minimum Gasteiger partial charge on any atom is -0.334 e. The number of nitrogens with zero attached hydrogens (tertiary/aromatic N) is 2. The van der Waals surface area contributed by atoms with E-state index in [1.165, 1.54) is 12.1 Å². The van der Waals surface area contributed by atoms with E-state index in [0.29, 0.717) is 0 Å². The summed E-state index contributed by atoms with van der Waals surface area (Å²) in [4.78, 5) is 3.86. The highest BCUT2D eigenvalue weighted by atomic mass is 79.9. The summed E-state index contributed by atoms with van der Waals surface area (Å²) in [6.07, 6.45) is -4.45. The molecule has 18 heavy (non-hydrogen) atoms.